The third-order valence-electron chi connectivity index (χ3n) is 5.00. The third-order valence-corrected chi connectivity index (χ3v) is 5.00. The minimum absolute atomic E-state index is 0.0282. The number of aliphatic imine (C=N–C) groups is 1. The van der Waals surface area contributed by atoms with E-state index in [4.69, 9.17) is 18.9 Å². The molecule has 9 nitrogen and oxygen atoms in total. The van der Waals surface area contributed by atoms with Crippen LogP contribution < -0.4 is 20.1 Å². The van der Waals surface area contributed by atoms with Gasteiger partial charge in [0.1, 0.15) is 0 Å². The average molecular weight is 439 g/mol. The zero-order valence-corrected chi connectivity index (χ0v) is 17.8. The SMILES string of the molecule is CCOC(=O)c1ccc(NC(=NC[C@H]2CCCO2)NC(=O)c2ccc3c(c2)OCO3)cc1. The molecule has 168 valence electrons. The summed E-state index contributed by atoms with van der Waals surface area (Å²) in [5.41, 5.74) is 1.52. The van der Waals surface area contributed by atoms with E-state index in [0.717, 1.165) is 19.4 Å². The highest BCUT2D eigenvalue weighted by Gasteiger charge is 2.19. The molecule has 0 aliphatic carbocycles. The predicted octanol–water partition coefficient (Wildman–Crippen LogP) is 2.97. The van der Waals surface area contributed by atoms with Gasteiger partial charge in [-0.2, -0.15) is 0 Å². The third kappa shape index (κ3) is 5.36. The molecule has 2 aliphatic rings. The Morgan fingerprint density at radius 2 is 1.88 bits per heavy atom. The number of esters is 1. The Balaban J connectivity index is 1.47. The standard InChI is InChI=1S/C23H25N3O6/c1-2-29-22(28)15-5-8-17(9-6-15)25-23(24-13-18-4-3-11-30-18)26-21(27)16-7-10-19-20(12-16)32-14-31-19/h5-10,12,18H,2-4,11,13-14H2,1H3,(H2,24,25,26,27)/t18-/m1/s1. The minimum atomic E-state index is -0.387. The Morgan fingerprint density at radius 1 is 1.09 bits per heavy atom. The molecule has 1 saturated heterocycles. The van der Waals surface area contributed by atoms with E-state index in [2.05, 4.69) is 15.6 Å². The number of nitrogens with zero attached hydrogens (tertiary/aromatic N) is 1. The first-order valence-electron chi connectivity index (χ1n) is 10.5. The van der Waals surface area contributed by atoms with Crippen molar-refractivity contribution >= 4 is 23.5 Å². The maximum atomic E-state index is 12.8. The smallest absolute Gasteiger partial charge is 0.338 e. The van der Waals surface area contributed by atoms with E-state index in [0.29, 0.717) is 41.5 Å². The van der Waals surface area contributed by atoms with Crippen molar-refractivity contribution in [3.63, 3.8) is 0 Å². The monoisotopic (exact) mass is 439 g/mol. The van der Waals surface area contributed by atoms with Crippen LogP contribution in [-0.4, -0.2) is 50.5 Å². The average Bonchev–Trinajstić information content (AvgIpc) is 3.49. The lowest BCUT2D eigenvalue weighted by atomic mass is 10.2. The number of nitrogens with one attached hydrogen (secondary N) is 2. The molecule has 2 aliphatic heterocycles. The molecule has 2 N–H and O–H groups in total. The number of carbonyl (C=O) groups excluding carboxylic acids is 2. The highest BCUT2D eigenvalue weighted by molar-refractivity contribution is 6.10. The molecule has 0 spiro atoms. The molecule has 0 bridgehead atoms. The topological polar surface area (TPSA) is 107 Å². The highest BCUT2D eigenvalue weighted by atomic mass is 16.7. The summed E-state index contributed by atoms with van der Waals surface area (Å²) in [5, 5.41) is 5.92. The molecule has 1 amide bonds. The summed E-state index contributed by atoms with van der Waals surface area (Å²) >= 11 is 0. The molecule has 4 rings (SSSR count). The van der Waals surface area contributed by atoms with Crippen LogP contribution in [0.1, 0.15) is 40.5 Å². The van der Waals surface area contributed by atoms with Gasteiger partial charge in [-0.3, -0.25) is 10.1 Å². The second kappa shape index (κ2) is 10.1. The summed E-state index contributed by atoms with van der Waals surface area (Å²) in [5.74, 6) is 0.686. The number of anilines is 1. The Hall–Kier alpha value is -3.59. The number of amides is 1. The van der Waals surface area contributed by atoms with Crippen molar-refractivity contribution in [1.29, 1.82) is 0 Å². The Bertz CT molecular complexity index is 999. The molecule has 2 aromatic rings. The summed E-state index contributed by atoms with van der Waals surface area (Å²) in [6.07, 6.45) is 1.96. The minimum Gasteiger partial charge on any atom is -0.462 e. The van der Waals surface area contributed by atoms with Crippen LogP contribution in [0.15, 0.2) is 47.5 Å². The molecule has 2 aromatic carbocycles. The fraction of sp³-hybridized carbons (Fsp3) is 0.348. The Labute approximate surface area is 185 Å². The maximum absolute atomic E-state index is 12.8. The van der Waals surface area contributed by atoms with Gasteiger partial charge in [0.05, 0.1) is 24.8 Å². The van der Waals surface area contributed by atoms with Gasteiger partial charge in [0.2, 0.25) is 12.8 Å². The van der Waals surface area contributed by atoms with Crippen molar-refractivity contribution in [1.82, 2.24) is 5.32 Å². The van der Waals surface area contributed by atoms with Crippen molar-refractivity contribution in [2.45, 2.75) is 25.9 Å². The zero-order chi connectivity index (χ0) is 22.3. The quantitative estimate of drug-likeness (QED) is 0.405. The molecular formula is C23H25N3O6. The summed E-state index contributed by atoms with van der Waals surface area (Å²) in [4.78, 5) is 29.2. The number of benzene rings is 2. The van der Waals surface area contributed by atoms with E-state index >= 15 is 0 Å². The fourth-order valence-corrected chi connectivity index (χ4v) is 3.35. The molecule has 9 heteroatoms. The van der Waals surface area contributed by atoms with E-state index in [1.165, 1.54) is 0 Å². The van der Waals surface area contributed by atoms with Crippen LogP contribution >= 0.6 is 0 Å². The van der Waals surface area contributed by atoms with E-state index in [1.54, 1.807) is 49.4 Å². The van der Waals surface area contributed by atoms with Gasteiger partial charge < -0.3 is 24.3 Å². The van der Waals surface area contributed by atoms with E-state index in [-0.39, 0.29) is 30.7 Å². The lowest BCUT2D eigenvalue weighted by molar-refractivity contribution is 0.0526. The fourth-order valence-electron chi connectivity index (χ4n) is 3.35. The lowest BCUT2D eigenvalue weighted by Gasteiger charge is -2.14. The van der Waals surface area contributed by atoms with Crippen molar-refractivity contribution in [3.05, 3.63) is 53.6 Å². The number of fused-ring (bicyclic) bond motifs is 1. The Kier molecular flexibility index (Phi) is 6.86. The normalized spacial score (nSPS) is 17.2. The molecule has 2 heterocycles. The number of hydrogen-bond donors (Lipinski definition) is 2. The molecule has 0 aromatic heterocycles. The first-order chi connectivity index (χ1) is 15.6. The van der Waals surface area contributed by atoms with Gasteiger partial charge in [0, 0.05) is 17.9 Å². The number of carbonyl (C=O) groups is 2. The summed E-state index contributed by atoms with van der Waals surface area (Å²) < 4.78 is 21.3. The Morgan fingerprint density at radius 3 is 2.62 bits per heavy atom. The van der Waals surface area contributed by atoms with Crippen LogP contribution in [0.2, 0.25) is 0 Å². The van der Waals surface area contributed by atoms with Crippen LogP contribution in [-0.2, 0) is 9.47 Å². The van der Waals surface area contributed by atoms with Gasteiger partial charge in [0.15, 0.2) is 11.5 Å². The van der Waals surface area contributed by atoms with Gasteiger partial charge in [-0.25, -0.2) is 9.79 Å². The van der Waals surface area contributed by atoms with Gasteiger partial charge in [0.25, 0.3) is 5.91 Å². The van der Waals surface area contributed by atoms with Crippen LogP contribution in [0, 0.1) is 0 Å². The number of hydrogen-bond acceptors (Lipinski definition) is 7. The first kappa shape index (κ1) is 21.6. The van der Waals surface area contributed by atoms with Gasteiger partial charge in [-0.15, -0.1) is 0 Å². The molecular weight excluding hydrogens is 414 g/mol. The molecule has 0 unspecified atom stereocenters. The van der Waals surface area contributed by atoms with Crippen molar-refractivity contribution in [2.75, 3.05) is 31.9 Å². The lowest BCUT2D eigenvalue weighted by Crippen LogP contribution is -2.36. The second-order valence-corrected chi connectivity index (χ2v) is 7.27. The number of rotatable bonds is 6. The van der Waals surface area contributed by atoms with Crippen molar-refractivity contribution in [2.24, 2.45) is 4.99 Å². The van der Waals surface area contributed by atoms with Crippen molar-refractivity contribution < 1.29 is 28.5 Å². The van der Waals surface area contributed by atoms with Crippen LogP contribution in [0.5, 0.6) is 11.5 Å². The van der Waals surface area contributed by atoms with Crippen LogP contribution in [0.25, 0.3) is 0 Å². The highest BCUT2D eigenvalue weighted by Crippen LogP contribution is 2.32. The summed E-state index contributed by atoms with van der Waals surface area (Å²) in [7, 11) is 0. The zero-order valence-electron chi connectivity index (χ0n) is 17.8. The van der Waals surface area contributed by atoms with E-state index < -0.39 is 0 Å². The molecule has 1 atom stereocenters. The maximum Gasteiger partial charge on any atom is 0.338 e. The number of ether oxygens (including phenoxy) is 4. The molecule has 32 heavy (non-hydrogen) atoms. The van der Waals surface area contributed by atoms with Crippen LogP contribution in [0.4, 0.5) is 5.69 Å². The molecule has 0 saturated carbocycles. The second-order valence-electron chi connectivity index (χ2n) is 7.27. The van der Waals surface area contributed by atoms with Gasteiger partial charge in [-0.05, 0) is 62.2 Å². The van der Waals surface area contributed by atoms with Gasteiger partial charge >= 0.3 is 5.97 Å². The summed E-state index contributed by atoms with van der Waals surface area (Å²) in [6.45, 7) is 3.35. The van der Waals surface area contributed by atoms with E-state index in [1.807, 2.05) is 0 Å². The van der Waals surface area contributed by atoms with Crippen LogP contribution in [0.3, 0.4) is 0 Å². The van der Waals surface area contributed by atoms with Gasteiger partial charge in [-0.1, -0.05) is 0 Å². The number of guanidine groups is 1. The summed E-state index contributed by atoms with van der Waals surface area (Å²) in [6, 6.07) is 11.7. The van der Waals surface area contributed by atoms with Crippen molar-refractivity contribution in [3.8, 4) is 11.5 Å². The first-order valence-corrected chi connectivity index (χ1v) is 10.5. The molecule has 1 fully saturated rings. The molecule has 0 radical (unpaired) electrons. The predicted molar refractivity (Wildman–Crippen MR) is 117 cm³/mol. The largest absolute Gasteiger partial charge is 0.462 e. The van der Waals surface area contributed by atoms with E-state index in [9.17, 15) is 9.59 Å².